The lowest BCUT2D eigenvalue weighted by atomic mass is 10.0. The van der Waals surface area contributed by atoms with E-state index in [0.29, 0.717) is 5.56 Å². The molecule has 1 aromatic heterocycles. The van der Waals surface area contributed by atoms with E-state index in [1.165, 1.54) is 23.5 Å². The Balaban J connectivity index is 2.56. The number of aryl methyl sites for hydroxylation is 1. The summed E-state index contributed by atoms with van der Waals surface area (Å²) >= 11 is 1.38. The first kappa shape index (κ1) is 12.8. The van der Waals surface area contributed by atoms with Crippen molar-refractivity contribution >= 4 is 17.6 Å². The average Bonchev–Trinajstić information content (AvgIpc) is 2.74. The summed E-state index contributed by atoms with van der Waals surface area (Å²) in [7, 11) is 0. The standard InChI is InChI=1S/C13H9F3OS/c1-8-4-12(18-7-8)9-2-3-10(6-17)11(5-9)13(14,15)16/h2-7H,1H3. The van der Waals surface area contributed by atoms with Gasteiger partial charge in [0.2, 0.25) is 0 Å². The van der Waals surface area contributed by atoms with Crippen molar-refractivity contribution in [3.8, 4) is 10.4 Å². The van der Waals surface area contributed by atoms with Gasteiger partial charge in [-0.2, -0.15) is 13.2 Å². The molecule has 18 heavy (non-hydrogen) atoms. The van der Waals surface area contributed by atoms with Crippen molar-refractivity contribution in [3.05, 3.63) is 46.3 Å². The molecule has 0 aliphatic carbocycles. The lowest BCUT2D eigenvalue weighted by molar-refractivity contribution is -0.137. The summed E-state index contributed by atoms with van der Waals surface area (Å²) in [4.78, 5) is 11.4. The van der Waals surface area contributed by atoms with E-state index in [4.69, 9.17) is 0 Å². The Labute approximate surface area is 106 Å². The van der Waals surface area contributed by atoms with Crippen LogP contribution in [0.25, 0.3) is 10.4 Å². The number of aldehydes is 1. The minimum atomic E-state index is -4.52. The fourth-order valence-corrected chi connectivity index (χ4v) is 2.54. The van der Waals surface area contributed by atoms with Crippen LogP contribution in [0, 0.1) is 6.92 Å². The first-order chi connectivity index (χ1) is 8.41. The Kier molecular flexibility index (Phi) is 3.26. The van der Waals surface area contributed by atoms with Crippen molar-refractivity contribution < 1.29 is 18.0 Å². The quantitative estimate of drug-likeness (QED) is 0.731. The Morgan fingerprint density at radius 2 is 1.94 bits per heavy atom. The van der Waals surface area contributed by atoms with E-state index in [2.05, 4.69) is 0 Å². The third kappa shape index (κ3) is 2.46. The summed E-state index contributed by atoms with van der Waals surface area (Å²) in [5.74, 6) is 0. The Morgan fingerprint density at radius 1 is 1.22 bits per heavy atom. The van der Waals surface area contributed by atoms with Gasteiger partial charge in [-0.25, -0.2) is 0 Å². The van der Waals surface area contributed by atoms with Gasteiger partial charge in [0, 0.05) is 10.4 Å². The van der Waals surface area contributed by atoms with Gasteiger partial charge < -0.3 is 0 Å². The Morgan fingerprint density at radius 3 is 2.44 bits per heavy atom. The van der Waals surface area contributed by atoms with Crippen LogP contribution < -0.4 is 0 Å². The first-order valence-electron chi connectivity index (χ1n) is 5.14. The molecule has 1 nitrogen and oxygen atoms in total. The van der Waals surface area contributed by atoms with Gasteiger partial charge in [0.1, 0.15) is 0 Å². The highest BCUT2D eigenvalue weighted by Crippen LogP contribution is 2.35. The highest BCUT2D eigenvalue weighted by Gasteiger charge is 2.33. The molecule has 0 saturated carbocycles. The van der Waals surface area contributed by atoms with E-state index in [9.17, 15) is 18.0 Å². The smallest absolute Gasteiger partial charge is 0.298 e. The Hall–Kier alpha value is -1.62. The summed E-state index contributed by atoms with van der Waals surface area (Å²) in [5.41, 5.74) is 0.259. The normalized spacial score (nSPS) is 11.6. The van der Waals surface area contributed by atoms with E-state index in [0.717, 1.165) is 16.5 Å². The van der Waals surface area contributed by atoms with Crippen molar-refractivity contribution in [2.45, 2.75) is 13.1 Å². The molecule has 94 valence electrons. The van der Waals surface area contributed by atoms with Gasteiger partial charge in [0.25, 0.3) is 0 Å². The number of hydrogen-bond acceptors (Lipinski definition) is 2. The zero-order chi connectivity index (χ0) is 13.3. The summed E-state index contributed by atoms with van der Waals surface area (Å²) in [6.45, 7) is 1.88. The molecule has 1 heterocycles. The highest BCUT2D eigenvalue weighted by molar-refractivity contribution is 7.13. The molecule has 0 N–H and O–H groups in total. The molecule has 1 aromatic carbocycles. The molecule has 0 spiro atoms. The Bertz CT molecular complexity index is 584. The van der Waals surface area contributed by atoms with Crippen LogP contribution in [0.2, 0.25) is 0 Å². The van der Waals surface area contributed by atoms with E-state index in [1.807, 2.05) is 18.4 Å². The lowest BCUT2D eigenvalue weighted by Crippen LogP contribution is -2.08. The van der Waals surface area contributed by atoms with Crippen LogP contribution in [-0.4, -0.2) is 6.29 Å². The van der Waals surface area contributed by atoms with Gasteiger partial charge in [0.15, 0.2) is 6.29 Å². The molecule has 0 amide bonds. The van der Waals surface area contributed by atoms with Crippen molar-refractivity contribution in [1.82, 2.24) is 0 Å². The molecular formula is C13H9F3OS. The van der Waals surface area contributed by atoms with Crippen LogP contribution in [0.15, 0.2) is 29.6 Å². The lowest BCUT2D eigenvalue weighted by Gasteiger charge is -2.10. The van der Waals surface area contributed by atoms with E-state index in [1.54, 1.807) is 0 Å². The van der Waals surface area contributed by atoms with Crippen LogP contribution in [0.3, 0.4) is 0 Å². The molecule has 0 aliphatic heterocycles. The third-order valence-electron chi connectivity index (χ3n) is 2.50. The fraction of sp³-hybridized carbons (Fsp3) is 0.154. The summed E-state index contributed by atoms with van der Waals surface area (Å²) < 4.78 is 38.3. The molecule has 0 atom stereocenters. The SMILES string of the molecule is Cc1csc(-c2ccc(C=O)c(C(F)(F)F)c2)c1. The first-order valence-corrected chi connectivity index (χ1v) is 6.01. The average molecular weight is 270 g/mol. The van der Waals surface area contributed by atoms with Crippen molar-refractivity contribution in [1.29, 1.82) is 0 Å². The summed E-state index contributed by atoms with van der Waals surface area (Å²) in [5, 5.41) is 1.87. The van der Waals surface area contributed by atoms with Gasteiger partial charge in [-0.15, -0.1) is 11.3 Å². The predicted molar refractivity (Wildman–Crippen MR) is 64.9 cm³/mol. The molecule has 0 aliphatic rings. The predicted octanol–water partition coefficient (Wildman–Crippen LogP) is 4.55. The third-order valence-corrected chi connectivity index (χ3v) is 3.60. The fourth-order valence-electron chi connectivity index (χ4n) is 1.64. The molecule has 5 heteroatoms. The molecule has 0 fully saturated rings. The number of carbonyl (C=O) groups is 1. The molecule has 0 saturated heterocycles. The van der Waals surface area contributed by atoms with Crippen LogP contribution in [-0.2, 0) is 6.18 Å². The molecule has 2 rings (SSSR count). The number of halogens is 3. The zero-order valence-corrected chi connectivity index (χ0v) is 10.2. The minimum Gasteiger partial charge on any atom is -0.298 e. The van der Waals surface area contributed by atoms with Gasteiger partial charge in [0.05, 0.1) is 5.56 Å². The highest BCUT2D eigenvalue weighted by atomic mass is 32.1. The maximum atomic E-state index is 12.8. The molecule has 2 aromatic rings. The van der Waals surface area contributed by atoms with Crippen molar-refractivity contribution in [2.75, 3.05) is 0 Å². The second kappa shape index (κ2) is 4.57. The van der Waals surface area contributed by atoms with Gasteiger partial charge in [-0.3, -0.25) is 4.79 Å². The van der Waals surface area contributed by atoms with Crippen molar-refractivity contribution in [2.24, 2.45) is 0 Å². The second-order valence-electron chi connectivity index (χ2n) is 3.91. The molecule has 0 radical (unpaired) electrons. The maximum Gasteiger partial charge on any atom is 0.417 e. The topological polar surface area (TPSA) is 17.1 Å². The van der Waals surface area contributed by atoms with E-state index in [-0.39, 0.29) is 11.8 Å². The molecule has 0 unspecified atom stereocenters. The largest absolute Gasteiger partial charge is 0.417 e. The maximum absolute atomic E-state index is 12.8. The molecular weight excluding hydrogens is 261 g/mol. The van der Waals surface area contributed by atoms with E-state index >= 15 is 0 Å². The van der Waals surface area contributed by atoms with Crippen LogP contribution >= 0.6 is 11.3 Å². The van der Waals surface area contributed by atoms with Crippen LogP contribution in [0.5, 0.6) is 0 Å². The second-order valence-corrected chi connectivity index (χ2v) is 4.82. The zero-order valence-electron chi connectivity index (χ0n) is 9.41. The number of hydrogen-bond donors (Lipinski definition) is 0. The summed E-state index contributed by atoms with van der Waals surface area (Å²) in [6.07, 6.45) is -4.29. The molecule has 0 bridgehead atoms. The summed E-state index contributed by atoms with van der Waals surface area (Å²) in [6, 6.07) is 5.58. The van der Waals surface area contributed by atoms with Gasteiger partial charge in [-0.05, 0) is 35.6 Å². The van der Waals surface area contributed by atoms with Gasteiger partial charge in [-0.1, -0.05) is 12.1 Å². The monoisotopic (exact) mass is 270 g/mol. The van der Waals surface area contributed by atoms with Crippen LogP contribution in [0.1, 0.15) is 21.5 Å². The minimum absolute atomic E-state index is 0.228. The van der Waals surface area contributed by atoms with Gasteiger partial charge >= 0.3 is 6.18 Å². The number of alkyl halides is 3. The van der Waals surface area contributed by atoms with E-state index < -0.39 is 11.7 Å². The number of carbonyl (C=O) groups excluding carboxylic acids is 1. The van der Waals surface area contributed by atoms with Crippen LogP contribution in [0.4, 0.5) is 13.2 Å². The number of benzene rings is 1. The number of rotatable bonds is 2. The number of thiophene rings is 1. The van der Waals surface area contributed by atoms with Crippen molar-refractivity contribution in [3.63, 3.8) is 0 Å².